The average molecular weight is 145 g/mol. The van der Waals surface area contributed by atoms with Crippen LogP contribution in [0.4, 0.5) is 8.78 Å². The van der Waals surface area contributed by atoms with Crippen LogP contribution < -0.4 is 0 Å². The number of hydrogen-bond acceptors (Lipinski definition) is 1. The molecule has 56 valence electrons. The van der Waals surface area contributed by atoms with E-state index in [1.165, 1.54) is 0 Å². The second-order valence-electron chi connectivity index (χ2n) is 1.30. The molecule has 0 spiro atoms. The van der Waals surface area contributed by atoms with Gasteiger partial charge in [-0.2, -0.15) is 4.39 Å². The molecule has 1 rings (SSSR count). The van der Waals surface area contributed by atoms with Crippen LogP contribution in [0.15, 0.2) is 18.3 Å². The van der Waals surface area contributed by atoms with Gasteiger partial charge in [-0.3, -0.25) is 0 Å². The number of rotatable bonds is 0. The lowest BCUT2D eigenvalue weighted by molar-refractivity contribution is 0.560. The fourth-order valence-corrected chi connectivity index (χ4v) is 0.358. The van der Waals surface area contributed by atoms with Crippen molar-refractivity contribution in [1.82, 2.24) is 4.98 Å². The van der Waals surface area contributed by atoms with Gasteiger partial charge in [0, 0.05) is 0 Å². The lowest BCUT2D eigenvalue weighted by atomic mass is 10.5. The Balaban J connectivity index is 0.000000371. The van der Waals surface area contributed by atoms with Crippen molar-refractivity contribution in [3.05, 3.63) is 30.1 Å². The van der Waals surface area contributed by atoms with E-state index in [0.29, 0.717) is 0 Å². The minimum Gasteiger partial charge on any atom is -0.225 e. The summed E-state index contributed by atoms with van der Waals surface area (Å²) in [4.78, 5) is 3.04. The Hall–Kier alpha value is -0.990. The molecule has 0 aromatic carbocycles. The van der Waals surface area contributed by atoms with E-state index in [2.05, 4.69) is 4.98 Å². The molecule has 0 aliphatic heterocycles. The highest BCUT2D eigenvalue weighted by Gasteiger charge is 1.88. The van der Waals surface area contributed by atoms with Crippen LogP contribution >= 0.6 is 0 Å². The summed E-state index contributed by atoms with van der Waals surface area (Å²) in [6.45, 7) is 4.00. The minimum absolute atomic E-state index is 0.522. The summed E-state index contributed by atoms with van der Waals surface area (Å²) in [6.07, 6.45) is 0.829. The molecule has 0 saturated carbocycles. The van der Waals surface area contributed by atoms with E-state index in [9.17, 15) is 8.78 Å². The molecule has 1 heterocycles. The van der Waals surface area contributed by atoms with Crippen molar-refractivity contribution < 1.29 is 8.78 Å². The SMILES string of the molecule is CC.Fc1ccc(F)nc1. The van der Waals surface area contributed by atoms with E-state index >= 15 is 0 Å². The van der Waals surface area contributed by atoms with E-state index < -0.39 is 11.8 Å². The molecule has 1 aromatic heterocycles. The maximum absolute atomic E-state index is 11.9. The second-order valence-corrected chi connectivity index (χ2v) is 1.30. The van der Waals surface area contributed by atoms with Gasteiger partial charge in [-0.15, -0.1) is 0 Å². The normalized spacial score (nSPS) is 8.00. The minimum atomic E-state index is -0.661. The molecule has 10 heavy (non-hydrogen) atoms. The first-order valence-electron chi connectivity index (χ1n) is 3.06. The van der Waals surface area contributed by atoms with Crippen molar-refractivity contribution in [2.24, 2.45) is 0 Å². The number of nitrogens with zero attached hydrogens (tertiary/aromatic N) is 1. The Morgan fingerprint density at radius 2 is 1.80 bits per heavy atom. The lowest BCUT2D eigenvalue weighted by Crippen LogP contribution is -1.80. The molecule has 0 fully saturated rings. The molecule has 0 radical (unpaired) electrons. The van der Waals surface area contributed by atoms with E-state index in [4.69, 9.17) is 0 Å². The maximum Gasteiger partial charge on any atom is 0.212 e. The summed E-state index contributed by atoms with van der Waals surface area (Å²) in [6, 6.07) is 1.98. The fraction of sp³-hybridized carbons (Fsp3) is 0.286. The zero-order chi connectivity index (χ0) is 7.98. The first-order chi connectivity index (χ1) is 4.79. The summed E-state index contributed by atoms with van der Waals surface area (Å²) in [5.74, 6) is -1.18. The van der Waals surface area contributed by atoms with Crippen LogP contribution in [-0.2, 0) is 0 Å². The molecule has 1 aromatic rings. The lowest BCUT2D eigenvalue weighted by Gasteiger charge is -1.83. The molecular formula is C7H9F2N. The molecule has 0 aliphatic rings. The summed E-state index contributed by atoms with van der Waals surface area (Å²) >= 11 is 0. The molecule has 0 saturated heterocycles. The number of hydrogen-bond donors (Lipinski definition) is 0. The molecule has 0 unspecified atom stereocenters. The van der Waals surface area contributed by atoms with Crippen LogP contribution in [0.1, 0.15) is 13.8 Å². The van der Waals surface area contributed by atoms with Gasteiger partial charge in [-0.05, 0) is 12.1 Å². The Morgan fingerprint density at radius 1 is 1.20 bits per heavy atom. The highest BCUT2D eigenvalue weighted by Crippen LogP contribution is 1.93. The molecule has 3 heteroatoms. The van der Waals surface area contributed by atoms with Crippen molar-refractivity contribution in [1.29, 1.82) is 0 Å². The Labute approximate surface area is 58.7 Å². The van der Waals surface area contributed by atoms with Crippen molar-refractivity contribution in [3.8, 4) is 0 Å². The second kappa shape index (κ2) is 4.85. The third-order valence-corrected chi connectivity index (χ3v) is 0.691. The van der Waals surface area contributed by atoms with Gasteiger partial charge in [0.05, 0.1) is 6.20 Å². The van der Waals surface area contributed by atoms with Crippen LogP contribution in [0.3, 0.4) is 0 Å². The first kappa shape index (κ1) is 9.01. The Kier molecular flexibility index (Phi) is 4.37. The number of aromatic nitrogens is 1. The Bertz CT molecular complexity index is 150. The molecule has 0 aliphatic carbocycles. The maximum atomic E-state index is 11.9. The van der Waals surface area contributed by atoms with Gasteiger partial charge in [-0.1, -0.05) is 13.8 Å². The molecule has 0 N–H and O–H groups in total. The summed E-state index contributed by atoms with van der Waals surface area (Å²) < 4.78 is 23.7. The van der Waals surface area contributed by atoms with Crippen molar-refractivity contribution in [3.63, 3.8) is 0 Å². The summed E-state index contributed by atoms with van der Waals surface area (Å²) in [5, 5.41) is 0. The zero-order valence-corrected chi connectivity index (χ0v) is 5.94. The topological polar surface area (TPSA) is 12.9 Å². The van der Waals surface area contributed by atoms with Crippen LogP contribution in [-0.4, -0.2) is 4.98 Å². The van der Waals surface area contributed by atoms with Gasteiger partial charge in [0.2, 0.25) is 5.95 Å². The standard InChI is InChI=1S/C5H3F2N.C2H6/c6-4-1-2-5(7)8-3-4;1-2/h1-3H;1-2H3. The molecular weight excluding hydrogens is 136 g/mol. The zero-order valence-electron chi connectivity index (χ0n) is 5.94. The predicted octanol–water partition coefficient (Wildman–Crippen LogP) is 2.39. The molecule has 0 amide bonds. The summed E-state index contributed by atoms with van der Waals surface area (Å²) in [5.41, 5.74) is 0. The fourth-order valence-electron chi connectivity index (χ4n) is 0.358. The van der Waals surface area contributed by atoms with E-state index in [0.717, 1.165) is 18.3 Å². The first-order valence-corrected chi connectivity index (χ1v) is 3.06. The smallest absolute Gasteiger partial charge is 0.212 e. The van der Waals surface area contributed by atoms with Gasteiger partial charge in [-0.25, -0.2) is 9.37 Å². The van der Waals surface area contributed by atoms with Gasteiger partial charge in [0.1, 0.15) is 5.82 Å². The quantitative estimate of drug-likeness (QED) is 0.511. The number of halogens is 2. The highest BCUT2D eigenvalue weighted by molar-refractivity contribution is 4.94. The van der Waals surface area contributed by atoms with Gasteiger partial charge >= 0.3 is 0 Å². The summed E-state index contributed by atoms with van der Waals surface area (Å²) in [7, 11) is 0. The van der Waals surface area contributed by atoms with Crippen molar-refractivity contribution in [2.75, 3.05) is 0 Å². The van der Waals surface area contributed by atoms with Crippen molar-refractivity contribution >= 4 is 0 Å². The van der Waals surface area contributed by atoms with Crippen molar-refractivity contribution in [2.45, 2.75) is 13.8 Å². The molecule has 0 atom stereocenters. The highest BCUT2D eigenvalue weighted by atomic mass is 19.1. The largest absolute Gasteiger partial charge is 0.225 e. The van der Waals surface area contributed by atoms with Gasteiger partial charge in [0.15, 0.2) is 0 Å². The monoisotopic (exact) mass is 145 g/mol. The number of pyridine rings is 1. The third-order valence-electron chi connectivity index (χ3n) is 0.691. The van der Waals surface area contributed by atoms with Gasteiger partial charge in [0.25, 0.3) is 0 Å². The van der Waals surface area contributed by atoms with Crippen LogP contribution in [0.5, 0.6) is 0 Å². The molecule has 0 bridgehead atoms. The Morgan fingerprint density at radius 3 is 2.10 bits per heavy atom. The van der Waals surface area contributed by atoms with Crippen LogP contribution in [0.25, 0.3) is 0 Å². The van der Waals surface area contributed by atoms with E-state index in [-0.39, 0.29) is 0 Å². The van der Waals surface area contributed by atoms with Gasteiger partial charge < -0.3 is 0 Å². The van der Waals surface area contributed by atoms with Crippen LogP contribution in [0.2, 0.25) is 0 Å². The van der Waals surface area contributed by atoms with E-state index in [1.807, 2.05) is 13.8 Å². The predicted molar refractivity (Wildman–Crippen MR) is 35.5 cm³/mol. The third kappa shape index (κ3) is 3.12. The average Bonchev–Trinajstić information content (AvgIpc) is 2.00. The van der Waals surface area contributed by atoms with Crippen LogP contribution in [0, 0.1) is 11.8 Å². The molecule has 1 nitrogen and oxygen atoms in total. The van der Waals surface area contributed by atoms with E-state index in [1.54, 1.807) is 0 Å².